The van der Waals surface area contributed by atoms with E-state index < -0.39 is 42.6 Å². The van der Waals surface area contributed by atoms with Crippen molar-refractivity contribution in [1.82, 2.24) is 9.88 Å². The number of alkyl halides is 5. The molecule has 1 aliphatic rings. The highest BCUT2D eigenvalue weighted by molar-refractivity contribution is 5.66. The van der Waals surface area contributed by atoms with Crippen LogP contribution in [-0.4, -0.2) is 52.4 Å². The summed E-state index contributed by atoms with van der Waals surface area (Å²) in [6, 6.07) is 0.919. The molecule has 0 aliphatic carbocycles. The molecule has 1 aromatic heterocycles. The monoisotopic (exact) mass is 355 g/mol. The zero-order chi connectivity index (χ0) is 18.1. The smallest absolute Gasteiger partial charge is 0.417 e. The Hall–Kier alpha value is -2.17. The quantitative estimate of drug-likeness (QED) is 0.816. The van der Waals surface area contributed by atoms with Crippen molar-refractivity contribution in [2.45, 2.75) is 31.4 Å². The van der Waals surface area contributed by atoms with Crippen molar-refractivity contribution in [2.75, 3.05) is 18.4 Å². The number of amides is 1. The van der Waals surface area contributed by atoms with Crippen LogP contribution in [0.3, 0.4) is 0 Å². The van der Waals surface area contributed by atoms with Crippen LogP contribution in [0.25, 0.3) is 0 Å². The van der Waals surface area contributed by atoms with Gasteiger partial charge in [-0.1, -0.05) is 0 Å². The van der Waals surface area contributed by atoms with Gasteiger partial charge in [-0.15, -0.1) is 0 Å². The van der Waals surface area contributed by atoms with Crippen LogP contribution in [0, 0.1) is 0 Å². The Labute approximate surface area is 133 Å². The molecule has 2 rings (SSSR count). The van der Waals surface area contributed by atoms with E-state index in [1.54, 1.807) is 0 Å². The van der Waals surface area contributed by atoms with E-state index in [4.69, 9.17) is 5.11 Å². The van der Waals surface area contributed by atoms with Crippen molar-refractivity contribution in [3.05, 3.63) is 23.9 Å². The first-order valence-electron chi connectivity index (χ1n) is 6.82. The van der Waals surface area contributed by atoms with E-state index in [1.807, 2.05) is 0 Å². The zero-order valence-corrected chi connectivity index (χ0v) is 12.3. The number of ether oxygens (including phenoxy) is 1. The van der Waals surface area contributed by atoms with Crippen LogP contribution in [0.5, 0.6) is 0 Å². The first kappa shape index (κ1) is 18.2. The highest BCUT2D eigenvalue weighted by Crippen LogP contribution is 2.30. The van der Waals surface area contributed by atoms with E-state index in [1.165, 1.54) is 6.92 Å². The summed E-state index contributed by atoms with van der Waals surface area (Å²) in [5.74, 6) is 0.0536. The SMILES string of the molecule is C[C@@H]1OC(F)(F)CN(C(=O)O)C1CNc1ccc(C(F)(F)F)cn1. The predicted octanol–water partition coefficient (Wildman–Crippen LogP) is 2.87. The molecule has 1 aromatic rings. The van der Waals surface area contributed by atoms with E-state index in [0.29, 0.717) is 11.1 Å². The van der Waals surface area contributed by atoms with Gasteiger partial charge in [-0.05, 0) is 19.1 Å². The van der Waals surface area contributed by atoms with Gasteiger partial charge in [-0.2, -0.15) is 22.0 Å². The van der Waals surface area contributed by atoms with Crippen LogP contribution >= 0.6 is 0 Å². The molecule has 2 atom stereocenters. The first-order chi connectivity index (χ1) is 11.0. The second kappa shape index (κ2) is 6.38. The number of halogens is 5. The van der Waals surface area contributed by atoms with Crippen molar-refractivity contribution in [1.29, 1.82) is 0 Å². The van der Waals surface area contributed by atoms with E-state index in [2.05, 4.69) is 15.0 Å². The zero-order valence-electron chi connectivity index (χ0n) is 12.3. The molecule has 11 heteroatoms. The van der Waals surface area contributed by atoms with Crippen LogP contribution in [0.2, 0.25) is 0 Å². The molecule has 0 saturated carbocycles. The number of hydrogen-bond acceptors (Lipinski definition) is 4. The fourth-order valence-corrected chi connectivity index (χ4v) is 2.32. The number of hydrogen-bond donors (Lipinski definition) is 2. The standard InChI is InChI=1S/C13H14F5N3O3/c1-7-9(21(11(22)23)6-12(14,15)24-7)5-20-10-3-2-8(4-19-10)13(16,17)18/h2-4,7,9H,5-6H2,1H3,(H,19,20)(H,22,23)/t7-,9?/m0/s1. The van der Waals surface area contributed by atoms with Gasteiger partial charge in [-0.3, -0.25) is 4.90 Å². The highest BCUT2D eigenvalue weighted by Gasteiger charge is 2.47. The summed E-state index contributed by atoms with van der Waals surface area (Å²) in [4.78, 5) is 15.2. The van der Waals surface area contributed by atoms with Gasteiger partial charge in [0, 0.05) is 12.7 Å². The Morgan fingerprint density at radius 1 is 1.50 bits per heavy atom. The van der Waals surface area contributed by atoms with Gasteiger partial charge in [0.15, 0.2) is 0 Å². The molecule has 2 N–H and O–H groups in total. The molecule has 24 heavy (non-hydrogen) atoms. The Morgan fingerprint density at radius 2 is 2.17 bits per heavy atom. The number of nitrogens with zero attached hydrogens (tertiary/aromatic N) is 2. The third-order valence-corrected chi connectivity index (χ3v) is 3.48. The minimum atomic E-state index is -4.52. The van der Waals surface area contributed by atoms with E-state index in [-0.39, 0.29) is 12.4 Å². The number of carbonyl (C=O) groups is 1. The maximum absolute atomic E-state index is 13.3. The molecule has 1 saturated heterocycles. The number of nitrogens with one attached hydrogen (secondary N) is 1. The minimum absolute atomic E-state index is 0.0536. The molecule has 0 spiro atoms. The summed E-state index contributed by atoms with van der Waals surface area (Å²) in [5.41, 5.74) is -0.936. The van der Waals surface area contributed by atoms with Gasteiger partial charge in [-0.25, -0.2) is 9.78 Å². The summed E-state index contributed by atoms with van der Waals surface area (Å²) < 4.78 is 68.4. The number of aromatic nitrogens is 1. The number of carboxylic acid groups (broad SMARTS) is 1. The van der Waals surface area contributed by atoms with Crippen molar-refractivity contribution < 1.29 is 36.6 Å². The number of rotatable bonds is 3. The molecule has 1 amide bonds. The van der Waals surface area contributed by atoms with Crippen LogP contribution < -0.4 is 5.32 Å². The molecule has 1 aliphatic heterocycles. The lowest BCUT2D eigenvalue weighted by molar-refractivity contribution is -0.299. The largest absolute Gasteiger partial charge is 0.465 e. The molecule has 0 aromatic carbocycles. The molecule has 0 bridgehead atoms. The fourth-order valence-electron chi connectivity index (χ4n) is 2.32. The second-order valence-electron chi connectivity index (χ2n) is 5.25. The van der Waals surface area contributed by atoms with Crippen molar-refractivity contribution in [3.8, 4) is 0 Å². The van der Waals surface area contributed by atoms with E-state index in [9.17, 15) is 26.7 Å². The van der Waals surface area contributed by atoms with Crippen LogP contribution in [0.15, 0.2) is 18.3 Å². The van der Waals surface area contributed by atoms with Gasteiger partial charge in [0.1, 0.15) is 12.4 Å². The Kier molecular flexibility index (Phi) is 4.83. The molecular formula is C13H14F5N3O3. The lowest BCUT2D eigenvalue weighted by Gasteiger charge is -2.41. The third-order valence-electron chi connectivity index (χ3n) is 3.48. The molecule has 6 nitrogen and oxygen atoms in total. The predicted molar refractivity (Wildman–Crippen MR) is 71.7 cm³/mol. The summed E-state index contributed by atoms with van der Waals surface area (Å²) in [5, 5.41) is 11.7. The molecule has 134 valence electrons. The van der Waals surface area contributed by atoms with Crippen molar-refractivity contribution >= 4 is 11.9 Å². The van der Waals surface area contributed by atoms with E-state index in [0.717, 1.165) is 12.1 Å². The van der Waals surface area contributed by atoms with Gasteiger partial charge >= 0.3 is 18.4 Å². The molecule has 0 radical (unpaired) electrons. The number of morpholine rings is 1. The first-order valence-corrected chi connectivity index (χ1v) is 6.82. The Morgan fingerprint density at radius 3 is 2.67 bits per heavy atom. The molecule has 2 heterocycles. The summed E-state index contributed by atoms with van der Waals surface area (Å²) in [6.07, 6.45) is -10.2. The second-order valence-corrected chi connectivity index (χ2v) is 5.25. The fraction of sp³-hybridized carbons (Fsp3) is 0.538. The lowest BCUT2D eigenvalue weighted by atomic mass is 10.1. The summed E-state index contributed by atoms with van der Waals surface area (Å²) in [7, 11) is 0. The normalized spacial score (nSPS) is 23.8. The maximum atomic E-state index is 13.3. The Balaban J connectivity index is 2.05. The van der Waals surface area contributed by atoms with Crippen LogP contribution in [0.1, 0.15) is 12.5 Å². The van der Waals surface area contributed by atoms with Gasteiger partial charge in [0.25, 0.3) is 0 Å². The maximum Gasteiger partial charge on any atom is 0.417 e. The average molecular weight is 355 g/mol. The third kappa shape index (κ3) is 4.22. The van der Waals surface area contributed by atoms with Crippen molar-refractivity contribution in [2.24, 2.45) is 0 Å². The Bertz CT molecular complexity index is 594. The molecule has 1 fully saturated rings. The van der Waals surface area contributed by atoms with Gasteiger partial charge in [0.2, 0.25) is 0 Å². The molecular weight excluding hydrogens is 341 g/mol. The van der Waals surface area contributed by atoms with Crippen LogP contribution in [-0.2, 0) is 10.9 Å². The molecule has 1 unspecified atom stereocenters. The van der Waals surface area contributed by atoms with E-state index >= 15 is 0 Å². The van der Waals surface area contributed by atoms with Gasteiger partial charge < -0.3 is 15.2 Å². The summed E-state index contributed by atoms with van der Waals surface area (Å²) in [6.45, 7) is 0.0108. The van der Waals surface area contributed by atoms with Gasteiger partial charge in [0.05, 0.1) is 17.7 Å². The minimum Gasteiger partial charge on any atom is -0.465 e. The average Bonchev–Trinajstić information content (AvgIpc) is 2.44. The number of anilines is 1. The lowest BCUT2D eigenvalue weighted by Crippen LogP contribution is -2.60. The number of pyridine rings is 1. The highest BCUT2D eigenvalue weighted by atomic mass is 19.4. The summed E-state index contributed by atoms with van der Waals surface area (Å²) >= 11 is 0. The van der Waals surface area contributed by atoms with Crippen LogP contribution in [0.4, 0.5) is 32.6 Å². The topological polar surface area (TPSA) is 74.7 Å². The van der Waals surface area contributed by atoms with Crippen molar-refractivity contribution in [3.63, 3.8) is 0 Å².